The quantitative estimate of drug-likeness (QED) is 0.663. The van der Waals surface area contributed by atoms with Gasteiger partial charge in [-0.05, 0) is 13.3 Å². The van der Waals surface area contributed by atoms with Crippen LogP contribution in [0.3, 0.4) is 0 Å². The fraction of sp³-hybridized carbons (Fsp3) is 0.900. The van der Waals surface area contributed by atoms with Gasteiger partial charge in [0.15, 0.2) is 0 Å². The van der Waals surface area contributed by atoms with Crippen LogP contribution in [0.2, 0.25) is 0 Å². The topological polar surface area (TPSA) is 52.3 Å². The van der Waals surface area contributed by atoms with E-state index in [0.29, 0.717) is 18.3 Å². The highest BCUT2D eigenvalue weighted by atomic mass is 32.2. The van der Waals surface area contributed by atoms with E-state index in [0.717, 1.165) is 12.2 Å². The molecular formula is C10H21NO2S. The van der Waals surface area contributed by atoms with Crippen LogP contribution in [0.1, 0.15) is 33.6 Å². The van der Waals surface area contributed by atoms with E-state index in [4.69, 9.17) is 10.5 Å². The zero-order valence-corrected chi connectivity index (χ0v) is 10.1. The normalized spacial score (nSPS) is 14.9. The van der Waals surface area contributed by atoms with Crippen molar-refractivity contribution in [1.82, 2.24) is 0 Å². The zero-order valence-electron chi connectivity index (χ0n) is 9.29. The van der Waals surface area contributed by atoms with Crippen molar-refractivity contribution in [1.29, 1.82) is 0 Å². The van der Waals surface area contributed by atoms with Crippen LogP contribution in [0.4, 0.5) is 0 Å². The predicted molar refractivity (Wildman–Crippen MR) is 61.4 cm³/mol. The van der Waals surface area contributed by atoms with Crippen LogP contribution in [-0.2, 0) is 9.53 Å². The summed E-state index contributed by atoms with van der Waals surface area (Å²) in [7, 11) is 0. The summed E-state index contributed by atoms with van der Waals surface area (Å²) in [6, 6.07) is 0.240. The van der Waals surface area contributed by atoms with Crippen LogP contribution in [0.25, 0.3) is 0 Å². The van der Waals surface area contributed by atoms with E-state index in [9.17, 15) is 4.79 Å². The molecule has 0 rings (SSSR count). The third-order valence-electron chi connectivity index (χ3n) is 1.88. The van der Waals surface area contributed by atoms with Gasteiger partial charge in [0.2, 0.25) is 0 Å². The van der Waals surface area contributed by atoms with Gasteiger partial charge in [0.25, 0.3) is 0 Å². The molecule has 2 unspecified atom stereocenters. The highest BCUT2D eigenvalue weighted by Gasteiger charge is 2.11. The number of carbonyl (C=O) groups is 1. The van der Waals surface area contributed by atoms with Gasteiger partial charge in [-0.15, -0.1) is 0 Å². The molecule has 0 spiro atoms. The number of hydrogen-bond acceptors (Lipinski definition) is 4. The smallest absolute Gasteiger partial charge is 0.306 e. The Morgan fingerprint density at radius 3 is 2.64 bits per heavy atom. The molecule has 0 amide bonds. The molecule has 2 N–H and O–H groups in total. The molecular weight excluding hydrogens is 198 g/mol. The number of thioether (sulfide) groups is 1. The molecule has 0 aliphatic heterocycles. The van der Waals surface area contributed by atoms with Gasteiger partial charge in [0.05, 0.1) is 13.0 Å². The average Bonchev–Trinajstić information content (AvgIpc) is 2.14. The molecule has 4 heteroatoms. The van der Waals surface area contributed by atoms with E-state index in [1.807, 2.05) is 13.8 Å². The van der Waals surface area contributed by atoms with E-state index >= 15 is 0 Å². The summed E-state index contributed by atoms with van der Waals surface area (Å²) >= 11 is 1.74. The lowest BCUT2D eigenvalue weighted by Crippen LogP contribution is -2.23. The first kappa shape index (κ1) is 13.8. The Morgan fingerprint density at radius 1 is 1.50 bits per heavy atom. The van der Waals surface area contributed by atoms with Gasteiger partial charge >= 0.3 is 5.97 Å². The van der Waals surface area contributed by atoms with E-state index in [1.165, 1.54) is 0 Å². The third kappa shape index (κ3) is 7.21. The first-order valence-electron chi connectivity index (χ1n) is 5.12. The van der Waals surface area contributed by atoms with Crippen molar-refractivity contribution in [3.63, 3.8) is 0 Å². The van der Waals surface area contributed by atoms with Gasteiger partial charge in [-0.1, -0.05) is 13.8 Å². The van der Waals surface area contributed by atoms with Gasteiger partial charge in [-0.2, -0.15) is 11.8 Å². The number of esters is 1. The molecule has 0 saturated carbocycles. The van der Waals surface area contributed by atoms with Crippen LogP contribution in [0, 0.1) is 0 Å². The Morgan fingerprint density at radius 2 is 2.14 bits per heavy atom. The maximum absolute atomic E-state index is 11.1. The van der Waals surface area contributed by atoms with Crippen LogP contribution in [0.15, 0.2) is 0 Å². The van der Waals surface area contributed by atoms with Crippen LogP contribution >= 0.6 is 11.8 Å². The lowest BCUT2D eigenvalue weighted by Gasteiger charge is -2.13. The Balaban J connectivity index is 3.54. The van der Waals surface area contributed by atoms with Crippen LogP contribution in [0.5, 0.6) is 0 Å². The molecule has 0 heterocycles. The zero-order chi connectivity index (χ0) is 11.0. The molecule has 0 aromatic rings. The SMILES string of the molecule is CCOC(=O)CC(C)SCC(N)CC. The van der Waals surface area contributed by atoms with Crippen molar-refractivity contribution in [3.05, 3.63) is 0 Å². The first-order chi connectivity index (χ1) is 6.60. The van der Waals surface area contributed by atoms with Gasteiger partial charge in [0.1, 0.15) is 0 Å². The van der Waals surface area contributed by atoms with Crippen molar-refractivity contribution in [3.8, 4) is 0 Å². The third-order valence-corrected chi connectivity index (χ3v) is 3.23. The number of carbonyl (C=O) groups excluding carboxylic acids is 1. The molecule has 0 aliphatic carbocycles. The van der Waals surface area contributed by atoms with Crippen molar-refractivity contribution >= 4 is 17.7 Å². The number of nitrogens with two attached hydrogens (primary N) is 1. The highest BCUT2D eigenvalue weighted by molar-refractivity contribution is 7.99. The minimum atomic E-state index is -0.113. The van der Waals surface area contributed by atoms with Gasteiger partial charge < -0.3 is 10.5 Å². The molecule has 84 valence electrons. The van der Waals surface area contributed by atoms with Crippen LogP contribution < -0.4 is 5.73 Å². The maximum Gasteiger partial charge on any atom is 0.306 e. The molecule has 0 bridgehead atoms. The maximum atomic E-state index is 11.1. The molecule has 0 saturated heterocycles. The molecule has 3 nitrogen and oxygen atoms in total. The minimum Gasteiger partial charge on any atom is -0.466 e. The average molecular weight is 219 g/mol. The summed E-state index contributed by atoms with van der Waals surface area (Å²) in [6.07, 6.45) is 1.47. The lowest BCUT2D eigenvalue weighted by molar-refractivity contribution is -0.142. The van der Waals surface area contributed by atoms with Crippen LogP contribution in [-0.4, -0.2) is 29.6 Å². The van der Waals surface area contributed by atoms with Gasteiger partial charge in [-0.25, -0.2) is 0 Å². The fourth-order valence-corrected chi connectivity index (χ4v) is 1.98. The summed E-state index contributed by atoms with van der Waals surface area (Å²) in [5.41, 5.74) is 5.77. The second kappa shape index (κ2) is 8.12. The number of ether oxygens (including phenoxy) is 1. The van der Waals surface area contributed by atoms with Gasteiger partial charge in [-0.3, -0.25) is 4.79 Å². The molecule has 0 aromatic carbocycles. The summed E-state index contributed by atoms with van der Waals surface area (Å²) < 4.78 is 4.86. The molecule has 0 fully saturated rings. The Labute approximate surface area is 90.8 Å². The second-order valence-electron chi connectivity index (χ2n) is 3.32. The van der Waals surface area contributed by atoms with E-state index < -0.39 is 0 Å². The van der Waals surface area contributed by atoms with Crippen molar-refractivity contribution in [2.75, 3.05) is 12.4 Å². The van der Waals surface area contributed by atoms with Crippen molar-refractivity contribution < 1.29 is 9.53 Å². The van der Waals surface area contributed by atoms with Crippen molar-refractivity contribution in [2.45, 2.75) is 44.9 Å². The van der Waals surface area contributed by atoms with Gasteiger partial charge in [0, 0.05) is 17.0 Å². The highest BCUT2D eigenvalue weighted by Crippen LogP contribution is 2.15. The Hall–Kier alpha value is -0.220. The summed E-state index contributed by atoms with van der Waals surface area (Å²) in [4.78, 5) is 11.1. The minimum absolute atomic E-state index is 0.113. The predicted octanol–water partition coefficient (Wildman–Crippen LogP) is 1.80. The van der Waals surface area contributed by atoms with Crippen molar-refractivity contribution in [2.24, 2.45) is 5.73 Å². The monoisotopic (exact) mass is 219 g/mol. The first-order valence-corrected chi connectivity index (χ1v) is 6.17. The molecule has 14 heavy (non-hydrogen) atoms. The Kier molecular flexibility index (Phi) is 7.99. The molecule has 0 radical (unpaired) electrons. The second-order valence-corrected chi connectivity index (χ2v) is 4.79. The van der Waals surface area contributed by atoms with E-state index in [-0.39, 0.29) is 12.0 Å². The fourth-order valence-electron chi connectivity index (χ4n) is 0.919. The largest absolute Gasteiger partial charge is 0.466 e. The lowest BCUT2D eigenvalue weighted by atomic mass is 10.3. The number of hydrogen-bond donors (Lipinski definition) is 1. The van der Waals surface area contributed by atoms with E-state index in [2.05, 4.69) is 6.92 Å². The number of rotatable bonds is 7. The summed E-state index contributed by atoms with van der Waals surface area (Å²) in [5, 5.41) is 0.298. The Bertz CT molecular complexity index is 164. The molecule has 2 atom stereocenters. The standard InChI is InChI=1S/C10H21NO2S/c1-4-9(11)7-14-8(3)6-10(12)13-5-2/h8-9H,4-7,11H2,1-3H3. The summed E-state index contributed by atoms with van der Waals surface area (Å²) in [6.45, 7) is 6.39. The molecule has 0 aromatic heterocycles. The summed E-state index contributed by atoms with van der Waals surface area (Å²) in [5.74, 6) is 0.800. The van der Waals surface area contributed by atoms with E-state index in [1.54, 1.807) is 11.8 Å². The molecule has 0 aliphatic rings.